The summed E-state index contributed by atoms with van der Waals surface area (Å²) in [5.74, 6) is 0.871. The van der Waals surface area contributed by atoms with Crippen LogP contribution in [0.2, 0.25) is 0 Å². The molecule has 8 nitrogen and oxygen atoms in total. The molecule has 1 saturated heterocycles. The van der Waals surface area contributed by atoms with Crippen molar-refractivity contribution in [2.24, 2.45) is 17.8 Å². The van der Waals surface area contributed by atoms with Crippen LogP contribution in [-0.2, 0) is 11.3 Å². The number of aromatic hydroxyl groups is 1. The molecule has 1 N–H and O–H groups in total. The van der Waals surface area contributed by atoms with E-state index >= 15 is 0 Å². The van der Waals surface area contributed by atoms with E-state index < -0.39 is 11.2 Å². The molecule has 184 valence electrons. The highest BCUT2D eigenvalue weighted by atomic mass is 16.5. The van der Waals surface area contributed by atoms with Crippen molar-refractivity contribution in [1.82, 2.24) is 14.5 Å². The number of amides is 1. The predicted molar refractivity (Wildman–Crippen MR) is 130 cm³/mol. The normalized spacial score (nSPS) is 34.0. The van der Waals surface area contributed by atoms with Gasteiger partial charge < -0.3 is 14.7 Å². The number of carbonyl (C=O) groups excluding carboxylic acids is 1. The van der Waals surface area contributed by atoms with Gasteiger partial charge in [0.25, 0.3) is 5.91 Å². The molecule has 1 aromatic carbocycles. The van der Waals surface area contributed by atoms with E-state index in [1.807, 2.05) is 0 Å². The lowest BCUT2D eigenvalue weighted by molar-refractivity contribution is -0.0510. The van der Waals surface area contributed by atoms with Gasteiger partial charge in [-0.2, -0.15) is 0 Å². The zero-order valence-electron chi connectivity index (χ0n) is 20.0. The van der Waals surface area contributed by atoms with Gasteiger partial charge in [0.1, 0.15) is 6.17 Å². The van der Waals surface area contributed by atoms with Gasteiger partial charge in [-0.05, 0) is 55.7 Å². The molecule has 3 aliphatic heterocycles. The summed E-state index contributed by atoms with van der Waals surface area (Å²) >= 11 is 0. The Morgan fingerprint density at radius 1 is 1.03 bits per heavy atom. The van der Waals surface area contributed by atoms with Gasteiger partial charge in [-0.25, -0.2) is 0 Å². The maximum absolute atomic E-state index is 13.5. The largest absolute Gasteiger partial charge is 0.502 e. The van der Waals surface area contributed by atoms with Crippen LogP contribution in [0.5, 0.6) is 5.75 Å². The fourth-order valence-corrected chi connectivity index (χ4v) is 7.98. The molecule has 35 heavy (non-hydrogen) atoms. The highest BCUT2D eigenvalue weighted by Gasteiger charge is 2.55. The van der Waals surface area contributed by atoms with Crippen LogP contribution in [0.25, 0.3) is 0 Å². The minimum atomic E-state index is -0.521. The van der Waals surface area contributed by atoms with Gasteiger partial charge in [0.05, 0.1) is 19.3 Å². The summed E-state index contributed by atoms with van der Waals surface area (Å²) in [7, 11) is 2.27. The van der Waals surface area contributed by atoms with Crippen LogP contribution in [0, 0.1) is 17.8 Å². The Bertz CT molecular complexity index is 1240. The van der Waals surface area contributed by atoms with Crippen molar-refractivity contribution in [2.45, 2.75) is 50.5 Å². The molecule has 3 aliphatic carbocycles. The summed E-state index contributed by atoms with van der Waals surface area (Å²) in [4.78, 5) is 30.3. The van der Waals surface area contributed by atoms with Crippen molar-refractivity contribution in [3.63, 3.8) is 0 Å². The van der Waals surface area contributed by atoms with Gasteiger partial charge in [0.15, 0.2) is 11.4 Å². The van der Waals surface area contributed by atoms with Crippen molar-refractivity contribution in [3.05, 3.63) is 63.6 Å². The lowest BCUT2D eigenvalue weighted by Gasteiger charge is -2.58. The average molecular weight is 477 g/mol. The van der Waals surface area contributed by atoms with Gasteiger partial charge in [-0.15, -0.1) is 0 Å². The molecule has 6 aliphatic rings. The Balaban J connectivity index is 1.49. The summed E-state index contributed by atoms with van der Waals surface area (Å²) in [5.41, 5.74) is 2.14. The number of fused-ring (bicyclic) bond motifs is 5. The van der Waals surface area contributed by atoms with Crippen LogP contribution in [0.3, 0.4) is 0 Å². The van der Waals surface area contributed by atoms with E-state index in [9.17, 15) is 14.7 Å². The van der Waals surface area contributed by atoms with Crippen LogP contribution in [0.1, 0.15) is 53.3 Å². The molecule has 8 rings (SSSR count). The third kappa shape index (κ3) is 2.99. The Kier molecular flexibility index (Phi) is 4.80. The Labute approximate surface area is 204 Å². The van der Waals surface area contributed by atoms with E-state index in [1.165, 1.54) is 42.9 Å². The molecule has 4 fully saturated rings. The minimum Gasteiger partial charge on any atom is -0.502 e. The first-order chi connectivity index (χ1) is 17.0. The van der Waals surface area contributed by atoms with Crippen LogP contribution in [0.15, 0.2) is 41.3 Å². The molecule has 2 unspecified atom stereocenters. The van der Waals surface area contributed by atoms with Gasteiger partial charge in [0.2, 0.25) is 5.43 Å². The van der Waals surface area contributed by atoms with Crippen LogP contribution in [0.4, 0.5) is 0 Å². The number of carbonyl (C=O) groups is 1. The van der Waals surface area contributed by atoms with Gasteiger partial charge >= 0.3 is 0 Å². The van der Waals surface area contributed by atoms with E-state index in [0.29, 0.717) is 43.6 Å². The second-order valence-electron chi connectivity index (χ2n) is 11.0. The molecule has 0 radical (unpaired) electrons. The molecule has 0 spiro atoms. The molecule has 8 heteroatoms. The van der Waals surface area contributed by atoms with Crippen molar-refractivity contribution in [1.29, 1.82) is 0 Å². The third-order valence-corrected chi connectivity index (χ3v) is 9.36. The molecular weight excluding hydrogens is 444 g/mol. The number of ether oxygens (including phenoxy) is 1. The van der Waals surface area contributed by atoms with Gasteiger partial charge in [-0.1, -0.05) is 24.3 Å². The summed E-state index contributed by atoms with van der Waals surface area (Å²) in [6.07, 6.45) is 6.40. The average Bonchev–Trinajstić information content (AvgIpc) is 3.02. The number of rotatable bonds is 1. The number of morpholine rings is 1. The Morgan fingerprint density at radius 3 is 2.63 bits per heavy atom. The van der Waals surface area contributed by atoms with Gasteiger partial charge in [0, 0.05) is 37.3 Å². The highest BCUT2D eigenvalue weighted by Crippen LogP contribution is 2.55. The molecule has 1 aromatic heterocycles. The third-order valence-electron chi connectivity index (χ3n) is 9.36. The van der Waals surface area contributed by atoms with E-state index in [4.69, 9.17) is 4.74 Å². The van der Waals surface area contributed by atoms with Crippen LogP contribution in [-0.4, -0.2) is 64.5 Å². The number of pyridine rings is 1. The molecular formula is C27H32N4O4. The first-order valence-electron chi connectivity index (χ1n) is 12.9. The highest BCUT2D eigenvalue weighted by molar-refractivity contribution is 5.96. The number of hydrogen-bond donors (Lipinski definition) is 1. The molecule has 2 aromatic rings. The van der Waals surface area contributed by atoms with Crippen LogP contribution >= 0.6 is 0 Å². The fourth-order valence-electron chi connectivity index (χ4n) is 7.98. The van der Waals surface area contributed by atoms with E-state index in [-0.39, 0.29) is 23.8 Å². The molecule has 3 saturated carbocycles. The number of hydrogen-bond acceptors (Lipinski definition) is 6. The lowest BCUT2D eigenvalue weighted by Crippen LogP contribution is -2.68. The van der Waals surface area contributed by atoms with Crippen molar-refractivity contribution < 1.29 is 14.6 Å². The lowest BCUT2D eigenvalue weighted by atomic mass is 9.58. The van der Waals surface area contributed by atoms with E-state index in [1.54, 1.807) is 15.8 Å². The first kappa shape index (κ1) is 21.4. The quantitative estimate of drug-likeness (QED) is 0.681. The molecule has 1 amide bonds. The first-order valence-corrected chi connectivity index (χ1v) is 12.9. The Morgan fingerprint density at radius 2 is 1.80 bits per heavy atom. The molecule has 4 heterocycles. The zero-order chi connectivity index (χ0) is 23.8. The zero-order valence-corrected chi connectivity index (χ0v) is 20.0. The number of aromatic nitrogens is 1. The maximum Gasteiger partial charge on any atom is 0.278 e. The predicted octanol–water partition coefficient (Wildman–Crippen LogP) is 2.30. The van der Waals surface area contributed by atoms with E-state index in [2.05, 4.69) is 41.2 Å². The minimum absolute atomic E-state index is 0.00259. The van der Waals surface area contributed by atoms with Gasteiger partial charge in [-0.3, -0.25) is 24.2 Å². The smallest absolute Gasteiger partial charge is 0.278 e. The second kappa shape index (κ2) is 7.83. The summed E-state index contributed by atoms with van der Waals surface area (Å²) in [5, 5.41) is 13.1. The topological polar surface area (TPSA) is 78.2 Å². The van der Waals surface area contributed by atoms with Crippen molar-refractivity contribution in [2.75, 3.05) is 31.8 Å². The molecule has 2 bridgehead atoms. The monoisotopic (exact) mass is 476 g/mol. The number of benzene rings is 1. The summed E-state index contributed by atoms with van der Waals surface area (Å²) < 4.78 is 7.71. The second-order valence-corrected chi connectivity index (χ2v) is 11.0. The summed E-state index contributed by atoms with van der Waals surface area (Å²) in [6, 6.07) is 10.5. The summed E-state index contributed by atoms with van der Waals surface area (Å²) in [6.45, 7) is 2.20. The SMILES string of the molecule is CN1Cc2ccccc2C(N2C3COCCN3C(=O)c3c(O)c(=O)ccn32)[C@@H]2C3CCC(CC3)[C@H]21. The molecule has 4 atom stereocenters. The standard InChI is InChI=1S/C27H32N4O4/c1-28-14-18-4-2-3-5-19(18)24(22-16-6-8-17(9-7-16)23(22)28)31-21-15-35-13-12-29(21)27(34)25-26(33)20(32)10-11-30(25)31/h2-5,10-11,16-17,21-24,33H,6-9,12-15H2,1H3/t16?,17?,21?,22-,23-,24?/m1/s1. The van der Waals surface area contributed by atoms with Crippen molar-refractivity contribution >= 4 is 5.91 Å². The van der Waals surface area contributed by atoms with Crippen LogP contribution < -0.4 is 10.4 Å². The van der Waals surface area contributed by atoms with Crippen molar-refractivity contribution in [3.8, 4) is 5.75 Å². The Hall–Kier alpha value is -2.84. The van der Waals surface area contributed by atoms with E-state index in [0.717, 1.165) is 6.54 Å². The fraction of sp³-hybridized carbons (Fsp3) is 0.556. The number of nitrogens with zero attached hydrogens (tertiary/aromatic N) is 4. The maximum atomic E-state index is 13.5.